The first-order valence-electron chi connectivity index (χ1n) is 12.5. The maximum Gasteiger partial charge on any atom is 0.423 e. The van der Waals surface area contributed by atoms with Crippen molar-refractivity contribution >= 4 is 28.1 Å². The molecule has 1 saturated carbocycles. The number of benzene rings is 1. The molecule has 2 atom stereocenters. The summed E-state index contributed by atoms with van der Waals surface area (Å²) in [4.78, 5) is 32.7. The van der Waals surface area contributed by atoms with Gasteiger partial charge in [-0.3, -0.25) is 9.59 Å². The molecule has 1 aromatic carbocycles. The summed E-state index contributed by atoms with van der Waals surface area (Å²) in [6.07, 6.45) is -1.30. The Labute approximate surface area is 232 Å². The molecule has 3 heterocycles. The zero-order valence-electron chi connectivity index (χ0n) is 21.0. The average molecular weight is 599 g/mol. The number of alkyl halides is 5. The van der Waals surface area contributed by atoms with E-state index >= 15 is 4.39 Å². The van der Waals surface area contributed by atoms with Crippen molar-refractivity contribution in [2.45, 2.75) is 50.9 Å². The highest BCUT2D eigenvalue weighted by Gasteiger charge is 2.38. The summed E-state index contributed by atoms with van der Waals surface area (Å²) in [6.45, 7) is 0.175. The summed E-state index contributed by atoms with van der Waals surface area (Å²) >= 11 is 6.46. The van der Waals surface area contributed by atoms with Crippen molar-refractivity contribution in [1.29, 1.82) is 0 Å². The summed E-state index contributed by atoms with van der Waals surface area (Å²) in [5, 5.41) is 8.39. The van der Waals surface area contributed by atoms with Crippen LogP contribution >= 0.6 is 11.6 Å². The summed E-state index contributed by atoms with van der Waals surface area (Å²) in [5.41, 5.74) is -4.20. The minimum atomic E-state index is -4.88. The van der Waals surface area contributed by atoms with Gasteiger partial charge in [-0.15, -0.1) is 0 Å². The lowest BCUT2D eigenvalue weighted by Gasteiger charge is -2.31. The number of hydrogen-bond acceptors (Lipinski definition) is 6. The van der Waals surface area contributed by atoms with E-state index in [0.717, 1.165) is 24.7 Å². The van der Waals surface area contributed by atoms with Gasteiger partial charge in [0.25, 0.3) is 17.5 Å². The molecule has 0 spiro atoms. The fraction of sp³-hybridized carbons (Fsp3) is 0.346. The fourth-order valence-corrected chi connectivity index (χ4v) is 5.41. The number of nitrogens with one attached hydrogen (secondary N) is 2. The van der Waals surface area contributed by atoms with E-state index in [0.29, 0.717) is 25.7 Å². The van der Waals surface area contributed by atoms with E-state index in [2.05, 4.69) is 20.4 Å². The van der Waals surface area contributed by atoms with E-state index in [4.69, 9.17) is 11.6 Å². The van der Waals surface area contributed by atoms with Gasteiger partial charge in [-0.25, -0.2) is 28.2 Å². The number of halogens is 7. The van der Waals surface area contributed by atoms with Crippen LogP contribution in [0.1, 0.15) is 43.2 Å². The number of aromatic nitrogens is 5. The lowest BCUT2D eigenvalue weighted by molar-refractivity contribution is -0.138. The van der Waals surface area contributed by atoms with Crippen molar-refractivity contribution in [3.63, 3.8) is 0 Å². The zero-order valence-corrected chi connectivity index (χ0v) is 21.7. The molecule has 1 aliphatic carbocycles. The molecule has 8 nitrogen and oxygen atoms in total. The third-order valence-corrected chi connectivity index (χ3v) is 7.33. The molecule has 1 fully saturated rings. The molecule has 4 aromatic rings. The Morgan fingerprint density at radius 2 is 1.83 bits per heavy atom. The summed E-state index contributed by atoms with van der Waals surface area (Å²) in [5.74, 6) is -1.14. The highest BCUT2D eigenvalue weighted by atomic mass is 35.5. The third kappa shape index (κ3) is 5.92. The van der Waals surface area contributed by atoms with Crippen molar-refractivity contribution in [2.75, 3.05) is 5.32 Å². The molecule has 0 aliphatic heterocycles. The quantitative estimate of drug-likeness (QED) is 0.265. The van der Waals surface area contributed by atoms with Gasteiger partial charge in [-0.05, 0) is 37.3 Å². The summed E-state index contributed by atoms with van der Waals surface area (Å²) < 4.78 is 82.3. The molecule has 2 N–H and O–H groups in total. The molecule has 0 unspecified atom stereocenters. The van der Waals surface area contributed by atoms with Crippen molar-refractivity contribution < 1.29 is 26.3 Å². The molecular formula is C26H21ClF6N6O2. The van der Waals surface area contributed by atoms with E-state index in [1.165, 1.54) is 16.8 Å². The second kappa shape index (κ2) is 11.1. The second-order valence-electron chi connectivity index (χ2n) is 9.81. The summed E-state index contributed by atoms with van der Waals surface area (Å²) in [7, 11) is 0. The molecule has 15 heteroatoms. The maximum atomic E-state index is 15.0. The molecule has 41 heavy (non-hydrogen) atoms. The average Bonchev–Trinajstić information content (AvgIpc) is 2.91. The van der Waals surface area contributed by atoms with Crippen molar-refractivity contribution in [3.8, 4) is 11.4 Å². The number of H-pyrrole nitrogens is 1. The van der Waals surface area contributed by atoms with Gasteiger partial charge < -0.3 is 9.88 Å². The van der Waals surface area contributed by atoms with E-state index in [-0.39, 0.29) is 39.6 Å². The minimum Gasteiger partial charge on any atom is -0.380 e. The molecule has 0 saturated heterocycles. The lowest BCUT2D eigenvalue weighted by atomic mass is 9.85. The topological polar surface area (TPSA) is 106 Å². The number of rotatable bonds is 6. The van der Waals surface area contributed by atoms with Gasteiger partial charge in [-0.2, -0.15) is 18.3 Å². The van der Waals surface area contributed by atoms with Gasteiger partial charge in [0.2, 0.25) is 0 Å². The van der Waals surface area contributed by atoms with Gasteiger partial charge in [0, 0.05) is 36.6 Å². The van der Waals surface area contributed by atoms with Gasteiger partial charge in [0.15, 0.2) is 5.82 Å². The van der Waals surface area contributed by atoms with Gasteiger partial charge in [0.1, 0.15) is 11.4 Å². The Morgan fingerprint density at radius 3 is 2.51 bits per heavy atom. The molecular weight excluding hydrogens is 578 g/mol. The van der Waals surface area contributed by atoms with Crippen LogP contribution < -0.4 is 16.4 Å². The molecule has 0 bridgehead atoms. The number of aromatic amines is 1. The van der Waals surface area contributed by atoms with E-state index in [1.54, 1.807) is 5.10 Å². The Kier molecular flexibility index (Phi) is 7.77. The Hall–Kier alpha value is -3.94. The smallest absolute Gasteiger partial charge is 0.380 e. The van der Waals surface area contributed by atoms with E-state index in [1.807, 2.05) is 0 Å². The first-order chi connectivity index (χ1) is 19.4. The number of hydrogen-bond donors (Lipinski definition) is 2. The van der Waals surface area contributed by atoms with E-state index in [9.17, 15) is 31.5 Å². The zero-order chi connectivity index (χ0) is 29.5. The first-order valence-corrected chi connectivity index (χ1v) is 12.8. The predicted octanol–water partition coefficient (Wildman–Crippen LogP) is 5.96. The molecule has 216 valence electrons. The van der Waals surface area contributed by atoms with Gasteiger partial charge >= 0.3 is 6.18 Å². The number of fused-ring (bicyclic) bond motifs is 1. The molecule has 0 radical (unpaired) electrons. The van der Waals surface area contributed by atoms with Gasteiger partial charge in [-0.1, -0.05) is 18.0 Å². The van der Waals surface area contributed by atoms with Crippen LogP contribution in [0.4, 0.5) is 32.0 Å². The molecule has 0 amide bonds. The number of anilines is 1. The largest absolute Gasteiger partial charge is 0.423 e. The standard InChI is InChI=1S/C26H21ClF6N6O2/c27-18-11-39(10-12-2-1-3-14(4-12)37-20-9-36-38-24(40)21(20)26(31,32)33)25(41)16-6-19(28)17(5-15(16)18)23-34-7-13(8-35-23)22(29)30/h5-9,11-12,14,22H,1-4,10H2,(H2,37,38,40)/t12-,14+/m1/s1. The Morgan fingerprint density at radius 1 is 1.10 bits per heavy atom. The van der Waals surface area contributed by atoms with Crippen molar-refractivity contribution in [3.05, 3.63) is 79.6 Å². The fourth-order valence-electron chi connectivity index (χ4n) is 5.14. The first kappa shape index (κ1) is 28.6. The van der Waals surface area contributed by atoms with Crippen molar-refractivity contribution in [1.82, 2.24) is 24.7 Å². The molecule has 5 rings (SSSR count). The highest BCUT2D eigenvalue weighted by molar-refractivity contribution is 6.35. The minimum absolute atomic E-state index is 0.0159. The van der Waals surface area contributed by atoms with Crippen LogP contribution in [0.15, 0.2) is 46.5 Å². The van der Waals surface area contributed by atoms with Crippen LogP contribution in [0.25, 0.3) is 22.2 Å². The SMILES string of the molecule is O=c1[nH]ncc(N[C@H]2CCC[C@@H](Cn3cc(Cl)c4cc(-c5ncc(C(F)F)cn5)c(F)cc4c3=O)C2)c1C(F)(F)F. The monoisotopic (exact) mass is 598 g/mol. The predicted molar refractivity (Wildman–Crippen MR) is 138 cm³/mol. The number of pyridine rings is 1. The number of nitrogens with zero attached hydrogens (tertiary/aromatic N) is 4. The van der Waals surface area contributed by atoms with Crippen LogP contribution in [0, 0.1) is 11.7 Å². The Balaban J connectivity index is 1.39. The third-order valence-electron chi connectivity index (χ3n) is 7.03. The van der Waals surface area contributed by atoms with Crippen LogP contribution in [0.2, 0.25) is 5.02 Å². The summed E-state index contributed by atoms with van der Waals surface area (Å²) in [6, 6.07) is 1.86. The van der Waals surface area contributed by atoms with Crippen LogP contribution in [-0.4, -0.2) is 30.8 Å². The Bertz CT molecular complexity index is 1710. The molecule has 3 aromatic heterocycles. The highest BCUT2D eigenvalue weighted by Crippen LogP contribution is 2.35. The molecule has 1 aliphatic rings. The normalized spacial score (nSPS) is 17.8. The maximum absolute atomic E-state index is 15.0. The van der Waals surface area contributed by atoms with Gasteiger partial charge in [0.05, 0.1) is 33.4 Å². The van der Waals surface area contributed by atoms with Crippen LogP contribution in [-0.2, 0) is 12.7 Å². The van der Waals surface area contributed by atoms with E-state index < -0.39 is 52.4 Å². The van der Waals surface area contributed by atoms with Crippen LogP contribution in [0.5, 0.6) is 0 Å². The van der Waals surface area contributed by atoms with Crippen LogP contribution in [0.3, 0.4) is 0 Å². The lowest BCUT2D eigenvalue weighted by Crippen LogP contribution is -2.33. The second-order valence-corrected chi connectivity index (χ2v) is 10.2. The van der Waals surface area contributed by atoms with Crippen molar-refractivity contribution in [2.24, 2.45) is 5.92 Å².